The molecule has 0 saturated carbocycles. The molecule has 0 unspecified atom stereocenters. The highest BCUT2D eigenvalue weighted by atomic mass is 16.3. The normalized spacial score (nSPS) is 11.2. The standard InChI is InChI=1S/C14H20N2O/c1-11-6-12(7-15)4-5-13(11)8-16-9-14(2,3)10-17/h4-6,16-17H,8-10H2,1-3H3. The topological polar surface area (TPSA) is 56.0 Å². The average molecular weight is 232 g/mol. The van der Waals surface area contributed by atoms with E-state index in [0.29, 0.717) is 5.56 Å². The van der Waals surface area contributed by atoms with Crippen molar-refractivity contribution < 1.29 is 5.11 Å². The first-order valence-corrected chi connectivity index (χ1v) is 5.80. The fraction of sp³-hybridized carbons (Fsp3) is 0.500. The van der Waals surface area contributed by atoms with E-state index in [4.69, 9.17) is 10.4 Å². The molecule has 0 aliphatic heterocycles. The van der Waals surface area contributed by atoms with Crippen LogP contribution in [0.25, 0.3) is 0 Å². The van der Waals surface area contributed by atoms with Gasteiger partial charge in [0.15, 0.2) is 0 Å². The molecule has 17 heavy (non-hydrogen) atoms. The fourth-order valence-electron chi connectivity index (χ4n) is 1.56. The van der Waals surface area contributed by atoms with E-state index in [0.717, 1.165) is 18.7 Å². The van der Waals surface area contributed by atoms with E-state index >= 15 is 0 Å². The summed E-state index contributed by atoms with van der Waals surface area (Å²) in [5.41, 5.74) is 2.92. The molecule has 0 heterocycles. The molecule has 1 aromatic rings. The van der Waals surface area contributed by atoms with Crippen LogP contribution in [0.5, 0.6) is 0 Å². The molecular weight excluding hydrogens is 212 g/mol. The summed E-state index contributed by atoms with van der Waals surface area (Å²) in [5, 5.41) is 21.2. The van der Waals surface area contributed by atoms with Crippen LogP contribution in [0.3, 0.4) is 0 Å². The molecule has 0 spiro atoms. The number of benzene rings is 1. The molecule has 0 amide bonds. The third-order valence-corrected chi connectivity index (χ3v) is 2.82. The number of nitriles is 1. The number of hydrogen-bond donors (Lipinski definition) is 2. The van der Waals surface area contributed by atoms with Crippen LogP contribution in [-0.2, 0) is 6.54 Å². The van der Waals surface area contributed by atoms with Gasteiger partial charge in [0, 0.05) is 25.1 Å². The first kappa shape index (κ1) is 13.7. The third-order valence-electron chi connectivity index (χ3n) is 2.82. The summed E-state index contributed by atoms with van der Waals surface area (Å²) in [6, 6.07) is 7.84. The minimum atomic E-state index is -0.0967. The summed E-state index contributed by atoms with van der Waals surface area (Å²) in [7, 11) is 0. The zero-order valence-electron chi connectivity index (χ0n) is 10.7. The first-order valence-electron chi connectivity index (χ1n) is 5.80. The number of aryl methyl sites for hydroxylation is 1. The zero-order valence-corrected chi connectivity index (χ0v) is 10.7. The van der Waals surface area contributed by atoms with Crippen LogP contribution in [0.15, 0.2) is 18.2 Å². The predicted molar refractivity (Wildman–Crippen MR) is 68.5 cm³/mol. The van der Waals surface area contributed by atoms with E-state index in [9.17, 15) is 0 Å². The molecular formula is C14H20N2O. The van der Waals surface area contributed by atoms with Crippen molar-refractivity contribution in [2.45, 2.75) is 27.3 Å². The van der Waals surface area contributed by atoms with Crippen LogP contribution in [0.2, 0.25) is 0 Å². The summed E-state index contributed by atoms with van der Waals surface area (Å²) < 4.78 is 0. The van der Waals surface area contributed by atoms with Gasteiger partial charge in [-0.3, -0.25) is 0 Å². The van der Waals surface area contributed by atoms with Crippen LogP contribution in [0.4, 0.5) is 0 Å². The molecule has 1 aromatic carbocycles. The lowest BCUT2D eigenvalue weighted by molar-refractivity contribution is 0.156. The Hall–Kier alpha value is -1.37. The van der Waals surface area contributed by atoms with Gasteiger partial charge >= 0.3 is 0 Å². The zero-order chi connectivity index (χ0) is 12.9. The van der Waals surface area contributed by atoms with Gasteiger partial charge in [0.25, 0.3) is 0 Å². The van der Waals surface area contributed by atoms with Crippen LogP contribution in [0.1, 0.15) is 30.5 Å². The minimum absolute atomic E-state index is 0.0967. The van der Waals surface area contributed by atoms with Crippen molar-refractivity contribution in [2.75, 3.05) is 13.2 Å². The van der Waals surface area contributed by atoms with E-state index in [1.165, 1.54) is 5.56 Å². The molecule has 0 aromatic heterocycles. The van der Waals surface area contributed by atoms with Gasteiger partial charge < -0.3 is 10.4 Å². The molecule has 0 radical (unpaired) electrons. The quantitative estimate of drug-likeness (QED) is 0.816. The highest BCUT2D eigenvalue weighted by molar-refractivity contribution is 5.37. The molecule has 0 atom stereocenters. The number of hydrogen-bond acceptors (Lipinski definition) is 3. The Morgan fingerprint density at radius 2 is 2.12 bits per heavy atom. The SMILES string of the molecule is Cc1cc(C#N)ccc1CNCC(C)(C)CO. The van der Waals surface area contributed by atoms with Crippen molar-refractivity contribution in [3.8, 4) is 6.07 Å². The van der Waals surface area contributed by atoms with E-state index in [1.807, 2.05) is 39.0 Å². The number of aliphatic hydroxyl groups excluding tert-OH is 1. The van der Waals surface area contributed by atoms with Crippen molar-refractivity contribution in [3.05, 3.63) is 34.9 Å². The maximum absolute atomic E-state index is 9.14. The Morgan fingerprint density at radius 3 is 2.65 bits per heavy atom. The van der Waals surface area contributed by atoms with Crippen LogP contribution in [-0.4, -0.2) is 18.3 Å². The lowest BCUT2D eigenvalue weighted by atomic mass is 9.95. The monoisotopic (exact) mass is 232 g/mol. The molecule has 0 fully saturated rings. The Kier molecular flexibility index (Phi) is 4.68. The van der Waals surface area contributed by atoms with Gasteiger partial charge in [-0.2, -0.15) is 5.26 Å². The van der Waals surface area contributed by atoms with E-state index < -0.39 is 0 Å². The smallest absolute Gasteiger partial charge is 0.0991 e. The maximum Gasteiger partial charge on any atom is 0.0991 e. The van der Waals surface area contributed by atoms with Gasteiger partial charge in [-0.15, -0.1) is 0 Å². The highest BCUT2D eigenvalue weighted by Crippen LogP contribution is 2.13. The summed E-state index contributed by atoms with van der Waals surface area (Å²) in [6.07, 6.45) is 0. The van der Waals surface area contributed by atoms with E-state index in [1.54, 1.807) is 0 Å². The Balaban J connectivity index is 2.56. The average Bonchev–Trinajstić information content (AvgIpc) is 2.31. The number of nitrogens with one attached hydrogen (secondary N) is 1. The van der Waals surface area contributed by atoms with Crippen molar-refractivity contribution >= 4 is 0 Å². The molecule has 3 nitrogen and oxygen atoms in total. The Bertz CT molecular complexity index is 419. The first-order chi connectivity index (χ1) is 7.98. The molecule has 0 bridgehead atoms. The molecule has 2 N–H and O–H groups in total. The summed E-state index contributed by atoms with van der Waals surface area (Å²) in [6.45, 7) is 7.75. The van der Waals surface area contributed by atoms with Gasteiger partial charge in [-0.1, -0.05) is 19.9 Å². The van der Waals surface area contributed by atoms with E-state index in [-0.39, 0.29) is 12.0 Å². The Morgan fingerprint density at radius 1 is 1.41 bits per heavy atom. The fourth-order valence-corrected chi connectivity index (χ4v) is 1.56. The molecule has 0 aliphatic carbocycles. The second-order valence-corrected chi connectivity index (χ2v) is 5.18. The third kappa shape index (κ3) is 4.18. The van der Waals surface area contributed by atoms with E-state index in [2.05, 4.69) is 11.4 Å². The Labute approximate surface area is 103 Å². The van der Waals surface area contributed by atoms with Gasteiger partial charge in [-0.05, 0) is 30.2 Å². The largest absolute Gasteiger partial charge is 0.396 e. The summed E-state index contributed by atoms with van der Waals surface area (Å²) in [5.74, 6) is 0. The summed E-state index contributed by atoms with van der Waals surface area (Å²) >= 11 is 0. The van der Waals surface area contributed by atoms with Crippen molar-refractivity contribution in [3.63, 3.8) is 0 Å². The number of aliphatic hydroxyl groups is 1. The second-order valence-electron chi connectivity index (χ2n) is 5.18. The van der Waals surface area contributed by atoms with Crippen molar-refractivity contribution in [2.24, 2.45) is 5.41 Å². The predicted octanol–water partition coefficient (Wildman–Crippen LogP) is 1.97. The highest BCUT2D eigenvalue weighted by Gasteiger charge is 2.15. The van der Waals surface area contributed by atoms with Crippen molar-refractivity contribution in [1.82, 2.24) is 5.32 Å². The minimum Gasteiger partial charge on any atom is -0.396 e. The molecule has 0 saturated heterocycles. The van der Waals surface area contributed by atoms with Crippen LogP contribution >= 0.6 is 0 Å². The second kappa shape index (κ2) is 5.81. The molecule has 1 rings (SSSR count). The van der Waals surface area contributed by atoms with Gasteiger partial charge in [0.1, 0.15) is 0 Å². The number of nitrogens with zero attached hydrogens (tertiary/aromatic N) is 1. The summed E-state index contributed by atoms with van der Waals surface area (Å²) in [4.78, 5) is 0. The van der Waals surface area contributed by atoms with Gasteiger partial charge in [-0.25, -0.2) is 0 Å². The molecule has 0 aliphatic rings. The van der Waals surface area contributed by atoms with Crippen LogP contribution < -0.4 is 5.32 Å². The number of rotatable bonds is 5. The van der Waals surface area contributed by atoms with Gasteiger partial charge in [0.2, 0.25) is 0 Å². The van der Waals surface area contributed by atoms with Crippen LogP contribution in [0, 0.1) is 23.7 Å². The lowest BCUT2D eigenvalue weighted by Gasteiger charge is -2.22. The van der Waals surface area contributed by atoms with Gasteiger partial charge in [0.05, 0.1) is 11.6 Å². The molecule has 3 heteroatoms. The van der Waals surface area contributed by atoms with Crippen molar-refractivity contribution in [1.29, 1.82) is 5.26 Å². The maximum atomic E-state index is 9.14. The lowest BCUT2D eigenvalue weighted by Crippen LogP contribution is -2.32. The molecule has 92 valence electrons.